The van der Waals surface area contributed by atoms with Crippen LogP contribution in [0.1, 0.15) is 33.1 Å². The van der Waals surface area contributed by atoms with E-state index in [2.05, 4.69) is 5.32 Å². The molecule has 4 heteroatoms. The van der Waals surface area contributed by atoms with Crippen LogP contribution in [0.2, 0.25) is 5.02 Å². The standard InChI is InChI=1S/C17H16ClNO2/c1-10-8-12(18)6-7-13(10)17(21)19-16-14-5-3-2-4-11(14)9-15(16)20/h2-8,15-16,20H,9H2,1H3,(H,19,21)/t15-,16+/m0/s1. The number of amides is 1. The Labute approximate surface area is 128 Å². The van der Waals surface area contributed by atoms with E-state index in [1.165, 1.54) is 0 Å². The normalized spacial score (nSPS) is 20.1. The van der Waals surface area contributed by atoms with E-state index in [1.807, 2.05) is 31.2 Å². The smallest absolute Gasteiger partial charge is 0.252 e. The summed E-state index contributed by atoms with van der Waals surface area (Å²) in [4.78, 5) is 12.4. The first-order valence-corrected chi connectivity index (χ1v) is 7.27. The largest absolute Gasteiger partial charge is 0.390 e. The summed E-state index contributed by atoms with van der Waals surface area (Å²) in [5, 5.41) is 13.7. The summed E-state index contributed by atoms with van der Waals surface area (Å²) in [6, 6.07) is 12.6. The van der Waals surface area contributed by atoms with Gasteiger partial charge in [0.05, 0.1) is 12.1 Å². The zero-order chi connectivity index (χ0) is 15.0. The molecule has 0 saturated heterocycles. The molecule has 2 aromatic rings. The molecule has 2 N–H and O–H groups in total. The zero-order valence-electron chi connectivity index (χ0n) is 11.6. The quantitative estimate of drug-likeness (QED) is 0.896. The van der Waals surface area contributed by atoms with Gasteiger partial charge in [-0.2, -0.15) is 0 Å². The predicted molar refractivity (Wildman–Crippen MR) is 82.5 cm³/mol. The number of rotatable bonds is 2. The van der Waals surface area contributed by atoms with Crippen molar-refractivity contribution in [1.82, 2.24) is 5.32 Å². The number of halogens is 1. The summed E-state index contributed by atoms with van der Waals surface area (Å²) in [5.41, 5.74) is 3.48. The fourth-order valence-corrected chi connectivity index (χ4v) is 3.08. The molecular weight excluding hydrogens is 286 g/mol. The summed E-state index contributed by atoms with van der Waals surface area (Å²) in [5.74, 6) is -0.190. The van der Waals surface area contributed by atoms with Crippen LogP contribution in [0.4, 0.5) is 0 Å². The highest BCUT2D eigenvalue weighted by Gasteiger charge is 2.32. The minimum Gasteiger partial charge on any atom is -0.390 e. The highest BCUT2D eigenvalue weighted by molar-refractivity contribution is 6.30. The average molecular weight is 302 g/mol. The van der Waals surface area contributed by atoms with Gasteiger partial charge in [-0.25, -0.2) is 0 Å². The number of aryl methyl sites for hydroxylation is 1. The SMILES string of the molecule is Cc1cc(Cl)ccc1C(=O)N[C@@H]1c2ccccc2C[C@@H]1O. The van der Waals surface area contributed by atoms with Gasteiger partial charge in [-0.15, -0.1) is 0 Å². The molecule has 2 aromatic carbocycles. The Morgan fingerprint density at radius 2 is 2.05 bits per heavy atom. The molecule has 0 aromatic heterocycles. The number of aliphatic hydroxyl groups excluding tert-OH is 1. The van der Waals surface area contributed by atoms with E-state index in [9.17, 15) is 9.90 Å². The molecule has 0 fully saturated rings. The lowest BCUT2D eigenvalue weighted by molar-refractivity contribution is 0.0857. The van der Waals surface area contributed by atoms with Crippen molar-refractivity contribution in [3.8, 4) is 0 Å². The van der Waals surface area contributed by atoms with Crippen LogP contribution in [0.3, 0.4) is 0 Å². The molecule has 1 amide bonds. The third-order valence-corrected chi connectivity index (χ3v) is 4.16. The molecule has 1 aliphatic rings. The lowest BCUT2D eigenvalue weighted by atomic mass is 10.1. The van der Waals surface area contributed by atoms with Crippen LogP contribution in [0.15, 0.2) is 42.5 Å². The van der Waals surface area contributed by atoms with Crippen molar-refractivity contribution in [2.45, 2.75) is 25.5 Å². The minimum absolute atomic E-state index is 0.190. The van der Waals surface area contributed by atoms with Crippen molar-refractivity contribution in [2.75, 3.05) is 0 Å². The van der Waals surface area contributed by atoms with Gasteiger partial charge in [0.15, 0.2) is 0 Å². The molecule has 3 rings (SSSR count). The van der Waals surface area contributed by atoms with E-state index in [-0.39, 0.29) is 11.9 Å². The van der Waals surface area contributed by atoms with Gasteiger partial charge in [0.1, 0.15) is 0 Å². The van der Waals surface area contributed by atoms with E-state index < -0.39 is 6.10 Å². The van der Waals surface area contributed by atoms with Gasteiger partial charge < -0.3 is 10.4 Å². The van der Waals surface area contributed by atoms with Gasteiger partial charge in [-0.3, -0.25) is 4.79 Å². The van der Waals surface area contributed by atoms with Gasteiger partial charge in [0.25, 0.3) is 5.91 Å². The molecule has 0 heterocycles. The minimum atomic E-state index is -0.584. The van der Waals surface area contributed by atoms with Gasteiger partial charge in [0, 0.05) is 17.0 Å². The van der Waals surface area contributed by atoms with Crippen molar-refractivity contribution >= 4 is 17.5 Å². The second kappa shape index (κ2) is 5.51. The number of benzene rings is 2. The molecule has 108 valence electrons. The van der Waals surface area contributed by atoms with Crippen molar-refractivity contribution in [3.63, 3.8) is 0 Å². The Morgan fingerprint density at radius 3 is 2.81 bits per heavy atom. The number of nitrogens with one attached hydrogen (secondary N) is 1. The molecule has 3 nitrogen and oxygen atoms in total. The lowest BCUT2D eigenvalue weighted by Gasteiger charge is -2.18. The van der Waals surface area contributed by atoms with Crippen molar-refractivity contribution in [3.05, 3.63) is 69.7 Å². The van der Waals surface area contributed by atoms with Crippen LogP contribution in [0.5, 0.6) is 0 Å². The highest BCUT2D eigenvalue weighted by Crippen LogP contribution is 2.31. The summed E-state index contributed by atoms with van der Waals surface area (Å²) >= 11 is 5.91. The molecule has 0 radical (unpaired) electrons. The van der Waals surface area contributed by atoms with Crippen molar-refractivity contribution < 1.29 is 9.90 Å². The monoisotopic (exact) mass is 301 g/mol. The zero-order valence-corrected chi connectivity index (χ0v) is 12.4. The van der Waals surface area contributed by atoms with Crippen LogP contribution in [-0.2, 0) is 6.42 Å². The first-order chi connectivity index (χ1) is 10.1. The average Bonchev–Trinajstić information content (AvgIpc) is 2.75. The third-order valence-electron chi connectivity index (χ3n) is 3.92. The number of hydrogen-bond donors (Lipinski definition) is 2. The third kappa shape index (κ3) is 2.67. The molecule has 2 atom stereocenters. The lowest BCUT2D eigenvalue weighted by Crippen LogP contribution is -2.34. The molecule has 21 heavy (non-hydrogen) atoms. The van der Waals surface area contributed by atoms with Crippen LogP contribution >= 0.6 is 11.6 Å². The Morgan fingerprint density at radius 1 is 1.29 bits per heavy atom. The van der Waals surface area contributed by atoms with Gasteiger partial charge in [-0.05, 0) is 41.8 Å². The number of carbonyl (C=O) groups excluding carboxylic acids is 1. The van der Waals surface area contributed by atoms with Crippen molar-refractivity contribution in [2.24, 2.45) is 0 Å². The number of aliphatic hydroxyl groups is 1. The summed E-state index contributed by atoms with van der Waals surface area (Å²) in [6.45, 7) is 1.85. The molecule has 0 spiro atoms. The van der Waals surface area contributed by atoms with E-state index >= 15 is 0 Å². The van der Waals surface area contributed by atoms with Gasteiger partial charge >= 0.3 is 0 Å². The Balaban J connectivity index is 1.85. The topological polar surface area (TPSA) is 49.3 Å². The summed E-state index contributed by atoms with van der Waals surface area (Å²) in [7, 11) is 0. The predicted octanol–water partition coefficient (Wildman–Crippen LogP) is 3.04. The Kier molecular flexibility index (Phi) is 3.70. The van der Waals surface area contributed by atoms with Crippen LogP contribution in [-0.4, -0.2) is 17.1 Å². The maximum absolute atomic E-state index is 12.4. The number of hydrogen-bond acceptors (Lipinski definition) is 2. The number of fused-ring (bicyclic) bond motifs is 1. The van der Waals surface area contributed by atoms with Crippen LogP contribution in [0.25, 0.3) is 0 Å². The Hall–Kier alpha value is -1.84. The Bertz CT molecular complexity index is 699. The molecule has 1 aliphatic carbocycles. The fraction of sp³-hybridized carbons (Fsp3) is 0.235. The molecule has 0 bridgehead atoms. The van der Waals surface area contributed by atoms with Crippen LogP contribution < -0.4 is 5.32 Å². The first-order valence-electron chi connectivity index (χ1n) is 6.89. The fourth-order valence-electron chi connectivity index (χ4n) is 2.85. The second-order valence-corrected chi connectivity index (χ2v) is 5.82. The first kappa shape index (κ1) is 14.1. The summed E-state index contributed by atoms with van der Waals surface area (Å²) in [6.07, 6.45) is -0.0141. The number of carbonyl (C=O) groups is 1. The van der Waals surface area contributed by atoms with E-state index in [0.717, 1.165) is 16.7 Å². The molecule has 0 aliphatic heterocycles. The molecule has 0 unspecified atom stereocenters. The maximum atomic E-state index is 12.4. The van der Waals surface area contributed by atoms with Gasteiger partial charge in [0.2, 0.25) is 0 Å². The van der Waals surface area contributed by atoms with Crippen LogP contribution in [0, 0.1) is 6.92 Å². The maximum Gasteiger partial charge on any atom is 0.252 e. The van der Waals surface area contributed by atoms with Gasteiger partial charge in [-0.1, -0.05) is 35.9 Å². The van der Waals surface area contributed by atoms with E-state index in [0.29, 0.717) is 17.0 Å². The summed E-state index contributed by atoms with van der Waals surface area (Å²) < 4.78 is 0. The van der Waals surface area contributed by atoms with E-state index in [1.54, 1.807) is 18.2 Å². The molecule has 0 saturated carbocycles. The second-order valence-electron chi connectivity index (χ2n) is 5.38. The highest BCUT2D eigenvalue weighted by atomic mass is 35.5. The molecular formula is C17H16ClNO2. The van der Waals surface area contributed by atoms with E-state index in [4.69, 9.17) is 11.6 Å². The van der Waals surface area contributed by atoms with Crippen molar-refractivity contribution in [1.29, 1.82) is 0 Å².